The van der Waals surface area contributed by atoms with Crippen LogP contribution < -0.4 is 5.32 Å². The average Bonchev–Trinajstić information content (AvgIpc) is 2.78. The molecule has 0 aliphatic heterocycles. The molecule has 1 unspecified atom stereocenters. The molecule has 0 aliphatic rings. The summed E-state index contributed by atoms with van der Waals surface area (Å²) in [5.41, 5.74) is 0. The van der Waals surface area contributed by atoms with Gasteiger partial charge >= 0.3 is 5.97 Å². The van der Waals surface area contributed by atoms with Crippen LogP contribution in [0.4, 0.5) is 0 Å². The summed E-state index contributed by atoms with van der Waals surface area (Å²) in [6.45, 7) is 3.74. The Kier molecular flexibility index (Phi) is 6.03. The Balaban J connectivity index is 1.77. The van der Waals surface area contributed by atoms with Crippen LogP contribution in [-0.4, -0.2) is 17.6 Å². The molecule has 2 rings (SSSR count). The van der Waals surface area contributed by atoms with Gasteiger partial charge in [0, 0.05) is 27.9 Å². The summed E-state index contributed by atoms with van der Waals surface area (Å²) in [7, 11) is 0. The average molecular weight is 326 g/mol. The molecule has 0 radical (unpaired) electrons. The Morgan fingerprint density at radius 3 is 2.86 bits per heavy atom. The highest BCUT2D eigenvalue weighted by atomic mass is 35.5. The number of fused-ring (bicyclic) bond motifs is 1. The van der Waals surface area contributed by atoms with Gasteiger partial charge in [-0.3, -0.25) is 4.79 Å². The molecular weight excluding hydrogens is 306 g/mol. The van der Waals surface area contributed by atoms with E-state index in [1.165, 1.54) is 4.70 Å². The molecule has 0 saturated heterocycles. The van der Waals surface area contributed by atoms with E-state index in [1.54, 1.807) is 11.3 Å². The number of carboxylic acids is 1. The molecule has 1 aromatic heterocycles. The van der Waals surface area contributed by atoms with Crippen molar-refractivity contribution in [1.29, 1.82) is 0 Å². The van der Waals surface area contributed by atoms with Crippen LogP contribution in [0.15, 0.2) is 24.3 Å². The Morgan fingerprint density at radius 2 is 2.14 bits per heavy atom. The van der Waals surface area contributed by atoms with Gasteiger partial charge in [0.25, 0.3) is 0 Å². The molecule has 1 heterocycles. The van der Waals surface area contributed by atoms with E-state index in [-0.39, 0.29) is 6.42 Å². The van der Waals surface area contributed by atoms with Crippen molar-refractivity contribution >= 4 is 39.0 Å². The van der Waals surface area contributed by atoms with E-state index in [1.807, 2.05) is 18.2 Å². The van der Waals surface area contributed by atoms with Gasteiger partial charge < -0.3 is 10.4 Å². The Labute approximate surface area is 133 Å². The molecule has 0 amide bonds. The predicted octanol–water partition coefficient (Wildman–Crippen LogP) is 4.54. The van der Waals surface area contributed by atoms with E-state index >= 15 is 0 Å². The van der Waals surface area contributed by atoms with E-state index in [9.17, 15) is 4.79 Å². The number of carbonyl (C=O) groups is 1. The third-order valence-corrected chi connectivity index (χ3v) is 5.27. The molecule has 2 aromatic rings. The largest absolute Gasteiger partial charge is 0.481 e. The minimum absolute atomic E-state index is 0.253. The first-order valence-corrected chi connectivity index (χ1v) is 8.35. The molecule has 114 valence electrons. The first-order valence-electron chi connectivity index (χ1n) is 7.16. The quantitative estimate of drug-likeness (QED) is 0.701. The minimum atomic E-state index is -0.716. The van der Waals surface area contributed by atoms with Gasteiger partial charge in [-0.15, -0.1) is 11.3 Å². The molecule has 2 N–H and O–H groups in total. The number of carboxylic acid groups (broad SMARTS) is 1. The standard InChI is InChI=1S/C16H20ClNO2S/c1-11(6-7-15(19)20)8-9-18-10-14-16(17)12-4-2-3-5-13(12)21-14/h2-5,11,18H,6-10H2,1H3,(H,19,20). The van der Waals surface area contributed by atoms with E-state index in [2.05, 4.69) is 18.3 Å². The number of aliphatic carboxylic acids is 1. The van der Waals surface area contributed by atoms with Gasteiger partial charge in [0.1, 0.15) is 0 Å². The maximum Gasteiger partial charge on any atom is 0.303 e. The molecule has 5 heteroatoms. The van der Waals surface area contributed by atoms with Gasteiger partial charge in [-0.1, -0.05) is 36.7 Å². The summed E-state index contributed by atoms with van der Waals surface area (Å²) in [5, 5.41) is 14.0. The van der Waals surface area contributed by atoms with Gasteiger partial charge in [0.15, 0.2) is 0 Å². The lowest BCUT2D eigenvalue weighted by Gasteiger charge is -2.10. The first-order chi connectivity index (χ1) is 10.1. The van der Waals surface area contributed by atoms with Crippen molar-refractivity contribution < 1.29 is 9.90 Å². The van der Waals surface area contributed by atoms with Gasteiger partial charge in [-0.05, 0) is 31.4 Å². The lowest BCUT2D eigenvalue weighted by molar-refractivity contribution is -0.137. The van der Waals surface area contributed by atoms with Crippen LogP contribution >= 0.6 is 22.9 Å². The van der Waals surface area contributed by atoms with Crippen molar-refractivity contribution in [3.63, 3.8) is 0 Å². The highest BCUT2D eigenvalue weighted by Gasteiger charge is 2.10. The lowest BCUT2D eigenvalue weighted by Crippen LogP contribution is -2.17. The van der Waals surface area contributed by atoms with Crippen LogP contribution in [0.5, 0.6) is 0 Å². The highest BCUT2D eigenvalue weighted by molar-refractivity contribution is 7.19. The molecular formula is C16H20ClNO2S. The molecule has 0 fully saturated rings. The van der Waals surface area contributed by atoms with Gasteiger partial charge in [-0.25, -0.2) is 0 Å². The number of benzene rings is 1. The van der Waals surface area contributed by atoms with E-state index in [4.69, 9.17) is 16.7 Å². The van der Waals surface area contributed by atoms with Gasteiger partial charge in [0.2, 0.25) is 0 Å². The fourth-order valence-corrected chi connectivity index (χ4v) is 3.71. The Hall–Kier alpha value is -1.10. The number of hydrogen-bond donors (Lipinski definition) is 2. The second-order valence-electron chi connectivity index (χ2n) is 5.34. The second-order valence-corrected chi connectivity index (χ2v) is 6.85. The topological polar surface area (TPSA) is 49.3 Å². The first kappa shape index (κ1) is 16.3. The predicted molar refractivity (Wildman–Crippen MR) is 89.2 cm³/mol. The summed E-state index contributed by atoms with van der Waals surface area (Å²) < 4.78 is 1.22. The smallest absolute Gasteiger partial charge is 0.303 e. The summed E-state index contributed by atoms with van der Waals surface area (Å²) >= 11 is 8.11. The zero-order chi connectivity index (χ0) is 15.2. The van der Waals surface area contributed by atoms with Crippen LogP contribution in [0, 0.1) is 5.92 Å². The van der Waals surface area contributed by atoms with Crippen LogP contribution in [0.1, 0.15) is 31.1 Å². The van der Waals surface area contributed by atoms with Crippen molar-refractivity contribution in [3.05, 3.63) is 34.2 Å². The number of halogens is 1. The van der Waals surface area contributed by atoms with Crippen LogP contribution in [-0.2, 0) is 11.3 Å². The van der Waals surface area contributed by atoms with Crippen LogP contribution in [0.2, 0.25) is 5.02 Å². The maximum absolute atomic E-state index is 10.5. The van der Waals surface area contributed by atoms with E-state index < -0.39 is 5.97 Å². The van der Waals surface area contributed by atoms with Gasteiger partial charge in [0.05, 0.1) is 5.02 Å². The molecule has 0 saturated carbocycles. The summed E-state index contributed by atoms with van der Waals surface area (Å²) in [5.74, 6) is -0.293. The molecule has 1 aromatic carbocycles. The third kappa shape index (κ3) is 4.70. The zero-order valence-electron chi connectivity index (χ0n) is 12.1. The van der Waals surface area contributed by atoms with Gasteiger partial charge in [-0.2, -0.15) is 0 Å². The zero-order valence-corrected chi connectivity index (χ0v) is 13.6. The number of thiophene rings is 1. The SMILES string of the molecule is CC(CCNCc1sc2ccccc2c1Cl)CCC(=O)O. The van der Waals surface area contributed by atoms with Crippen molar-refractivity contribution in [2.45, 2.75) is 32.7 Å². The summed E-state index contributed by atoms with van der Waals surface area (Å²) in [6.07, 6.45) is 1.97. The molecule has 0 aliphatic carbocycles. The number of nitrogens with one attached hydrogen (secondary N) is 1. The molecule has 0 bridgehead atoms. The van der Waals surface area contributed by atoms with Crippen molar-refractivity contribution in [2.24, 2.45) is 5.92 Å². The second kappa shape index (κ2) is 7.78. The number of rotatable bonds is 8. The Bertz CT molecular complexity index is 611. The maximum atomic E-state index is 10.5. The lowest BCUT2D eigenvalue weighted by atomic mass is 10.0. The highest BCUT2D eigenvalue weighted by Crippen LogP contribution is 2.34. The normalized spacial score (nSPS) is 12.7. The summed E-state index contributed by atoms with van der Waals surface area (Å²) in [6, 6.07) is 8.16. The molecule has 3 nitrogen and oxygen atoms in total. The monoisotopic (exact) mass is 325 g/mol. The third-order valence-electron chi connectivity index (χ3n) is 3.55. The molecule has 21 heavy (non-hydrogen) atoms. The molecule has 0 spiro atoms. The minimum Gasteiger partial charge on any atom is -0.481 e. The van der Waals surface area contributed by atoms with E-state index in [0.29, 0.717) is 5.92 Å². The van der Waals surface area contributed by atoms with Crippen molar-refractivity contribution in [2.75, 3.05) is 6.54 Å². The fraction of sp³-hybridized carbons (Fsp3) is 0.438. The van der Waals surface area contributed by atoms with Crippen molar-refractivity contribution in [3.8, 4) is 0 Å². The number of hydrogen-bond acceptors (Lipinski definition) is 3. The van der Waals surface area contributed by atoms with E-state index in [0.717, 1.165) is 41.2 Å². The summed E-state index contributed by atoms with van der Waals surface area (Å²) in [4.78, 5) is 11.7. The molecule has 1 atom stereocenters. The van der Waals surface area contributed by atoms with Crippen LogP contribution in [0.25, 0.3) is 10.1 Å². The van der Waals surface area contributed by atoms with Crippen LogP contribution in [0.3, 0.4) is 0 Å². The Morgan fingerprint density at radius 1 is 1.38 bits per heavy atom. The van der Waals surface area contributed by atoms with Crippen molar-refractivity contribution in [1.82, 2.24) is 5.32 Å². The fourth-order valence-electron chi connectivity index (χ4n) is 2.24.